The van der Waals surface area contributed by atoms with Crippen molar-refractivity contribution < 1.29 is 14.7 Å². The molecule has 1 heterocycles. The average molecular weight is 222 g/mol. The summed E-state index contributed by atoms with van der Waals surface area (Å²) in [5.74, 6) is 0.221. The Hall–Kier alpha value is -1.29. The van der Waals surface area contributed by atoms with Crippen molar-refractivity contribution in [3.63, 3.8) is 0 Å². The van der Waals surface area contributed by atoms with Crippen LogP contribution in [0, 0.1) is 0 Å². The van der Waals surface area contributed by atoms with Gasteiger partial charge in [-0.3, -0.25) is 9.59 Å². The van der Waals surface area contributed by atoms with Gasteiger partial charge in [-0.1, -0.05) is 23.9 Å². The average Bonchev–Trinajstić information content (AvgIpc) is 2.49. The molecule has 0 bridgehead atoms. The van der Waals surface area contributed by atoms with E-state index < -0.39 is 0 Å². The Bertz CT molecular complexity index is 397. The Balaban J connectivity index is 2.06. The number of carbonyl (C=O) groups excluding carboxylic acids is 2. The van der Waals surface area contributed by atoms with E-state index in [0.29, 0.717) is 6.42 Å². The molecule has 1 fully saturated rings. The number of benzene rings is 1. The van der Waals surface area contributed by atoms with Crippen molar-refractivity contribution in [1.29, 1.82) is 0 Å². The highest BCUT2D eigenvalue weighted by Gasteiger charge is 2.31. The van der Waals surface area contributed by atoms with Gasteiger partial charge in [-0.2, -0.15) is 0 Å². The summed E-state index contributed by atoms with van der Waals surface area (Å²) in [5, 5.41) is 8.81. The lowest BCUT2D eigenvalue weighted by molar-refractivity contribution is -0.121. The number of phenols is 1. The van der Waals surface area contributed by atoms with Gasteiger partial charge in [-0.05, 0) is 24.1 Å². The molecular formula is C11H10O3S. The molecule has 0 spiro atoms. The van der Waals surface area contributed by atoms with Gasteiger partial charge in [0.1, 0.15) is 5.75 Å². The molecule has 3 nitrogen and oxygen atoms in total. The molecule has 1 aliphatic heterocycles. The maximum atomic E-state index is 11.4. The zero-order valence-electron chi connectivity index (χ0n) is 7.97. The van der Waals surface area contributed by atoms with Crippen molar-refractivity contribution in [3.05, 3.63) is 29.8 Å². The molecule has 0 aromatic heterocycles. The third kappa shape index (κ3) is 2.39. The molecule has 15 heavy (non-hydrogen) atoms. The van der Waals surface area contributed by atoms with E-state index in [-0.39, 0.29) is 28.3 Å². The van der Waals surface area contributed by atoms with Crippen molar-refractivity contribution in [1.82, 2.24) is 0 Å². The Morgan fingerprint density at radius 3 is 2.47 bits per heavy atom. The Morgan fingerprint density at radius 2 is 1.93 bits per heavy atom. The molecule has 1 atom stereocenters. The van der Waals surface area contributed by atoms with Crippen molar-refractivity contribution in [3.8, 4) is 5.75 Å². The smallest absolute Gasteiger partial charge is 0.197 e. The van der Waals surface area contributed by atoms with Crippen LogP contribution in [-0.4, -0.2) is 21.3 Å². The second-order valence-electron chi connectivity index (χ2n) is 3.49. The zero-order chi connectivity index (χ0) is 10.8. The SMILES string of the molecule is O=C1CC(=O)C(Cc2ccc(O)cc2)S1. The summed E-state index contributed by atoms with van der Waals surface area (Å²) in [7, 11) is 0. The fourth-order valence-electron chi connectivity index (χ4n) is 1.52. The molecule has 1 aliphatic rings. The van der Waals surface area contributed by atoms with E-state index in [0.717, 1.165) is 17.3 Å². The van der Waals surface area contributed by atoms with Crippen molar-refractivity contribution >= 4 is 22.7 Å². The first-order valence-electron chi connectivity index (χ1n) is 4.65. The summed E-state index contributed by atoms with van der Waals surface area (Å²) >= 11 is 1.12. The quantitative estimate of drug-likeness (QED) is 0.771. The van der Waals surface area contributed by atoms with E-state index in [1.54, 1.807) is 24.3 Å². The van der Waals surface area contributed by atoms with E-state index in [2.05, 4.69) is 0 Å². The number of aromatic hydroxyl groups is 1. The molecular weight excluding hydrogens is 212 g/mol. The van der Waals surface area contributed by atoms with Crippen LogP contribution in [0.15, 0.2) is 24.3 Å². The third-order valence-corrected chi connectivity index (χ3v) is 3.43. The number of phenolic OH excluding ortho intramolecular Hbond substituents is 1. The molecule has 2 rings (SSSR count). The number of Topliss-reactive ketones (excluding diaryl/α,β-unsaturated/α-hetero) is 1. The molecule has 78 valence electrons. The van der Waals surface area contributed by atoms with Gasteiger partial charge < -0.3 is 5.11 Å². The lowest BCUT2D eigenvalue weighted by Crippen LogP contribution is -2.13. The van der Waals surface area contributed by atoms with Crippen LogP contribution >= 0.6 is 11.8 Å². The number of hydrogen-bond acceptors (Lipinski definition) is 4. The second-order valence-corrected chi connectivity index (χ2v) is 4.75. The Labute approximate surface area is 91.5 Å². The summed E-state index contributed by atoms with van der Waals surface area (Å²) < 4.78 is 0. The molecule has 1 aromatic rings. The van der Waals surface area contributed by atoms with Crippen LogP contribution in [0.2, 0.25) is 0 Å². The molecule has 0 saturated carbocycles. The molecule has 1 N–H and O–H groups in total. The van der Waals surface area contributed by atoms with Crippen LogP contribution in [0.3, 0.4) is 0 Å². The monoisotopic (exact) mass is 222 g/mol. The summed E-state index contributed by atoms with van der Waals surface area (Å²) in [6, 6.07) is 6.71. The van der Waals surface area contributed by atoms with Gasteiger partial charge in [-0.25, -0.2) is 0 Å². The normalized spacial score (nSPS) is 20.9. The first-order chi connectivity index (χ1) is 7.15. The lowest BCUT2D eigenvalue weighted by atomic mass is 10.1. The lowest BCUT2D eigenvalue weighted by Gasteiger charge is -2.05. The van der Waals surface area contributed by atoms with Crippen LogP contribution in [0.25, 0.3) is 0 Å². The maximum absolute atomic E-state index is 11.4. The highest BCUT2D eigenvalue weighted by Crippen LogP contribution is 2.28. The molecule has 4 heteroatoms. The third-order valence-electron chi connectivity index (χ3n) is 2.31. The van der Waals surface area contributed by atoms with E-state index in [1.165, 1.54) is 0 Å². The molecule has 1 unspecified atom stereocenters. The van der Waals surface area contributed by atoms with E-state index in [9.17, 15) is 9.59 Å². The van der Waals surface area contributed by atoms with Crippen LogP contribution in [0.1, 0.15) is 12.0 Å². The number of hydrogen-bond donors (Lipinski definition) is 1. The van der Waals surface area contributed by atoms with Gasteiger partial charge in [0.05, 0.1) is 11.7 Å². The first-order valence-corrected chi connectivity index (χ1v) is 5.53. The predicted octanol–water partition coefficient (Wildman–Crippen LogP) is 1.54. The minimum absolute atomic E-state index is 0.0121. The Morgan fingerprint density at radius 1 is 1.27 bits per heavy atom. The largest absolute Gasteiger partial charge is 0.508 e. The minimum atomic E-state index is -0.234. The van der Waals surface area contributed by atoms with Gasteiger partial charge in [0.25, 0.3) is 0 Å². The summed E-state index contributed by atoms with van der Waals surface area (Å²) in [6.07, 6.45) is 0.628. The zero-order valence-corrected chi connectivity index (χ0v) is 8.79. The summed E-state index contributed by atoms with van der Waals surface area (Å²) in [6.45, 7) is 0. The van der Waals surface area contributed by atoms with Crippen molar-refractivity contribution in [2.45, 2.75) is 18.1 Å². The molecule has 0 radical (unpaired) electrons. The fraction of sp³-hybridized carbons (Fsp3) is 0.273. The molecule has 0 aliphatic carbocycles. The Kier molecular flexibility index (Phi) is 2.77. The van der Waals surface area contributed by atoms with Crippen LogP contribution < -0.4 is 0 Å². The summed E-state index contributed by atoms with van der Waals surface area (Å²) in [5.41, 5.74) is 0.966. The second kappa shape index (κ2) is 4.06. The van der Waals surface area contributed by atoms with E-state index in [1.807, 2.05) is 0 Å². The van der Waals surface area contributed by atoms with Crippen LogP contribution in [0.4, 0.5) is 0 Å². The van der Waals surface area contributed by atoms with E-state index in [4.69, 9.17) is 5.11 Å². The fourth-order valence-corrected chi connectivity index (χ4v) is 2.56. The van der Waals surface area contributed by atoms with E-state index >= 15 is 0 Å². The van der Waals surface area contributed by atoms with Gasteiger partial charge in [0.2, 0.25) is 0 Å². The number of ketones is 1. The predicted molar refractivity (Wildman–Crippen MR) is 57.8 cm³/mol. The summed E-state index contributed by atoms with van der Waals surface area (Å²) in [4.78, 5) is 22.4. The topological polar surface area (TPSA) is 54.4 Å². The van der Waals surface area contributed by atoms with Crippen molar-refractivity contribution in [2.75, 3.05) is 0 Å². The minimum Gasteiger partial charge on any atom is -0.508 e. The van der Waals surface area contributed by atoms with Gasteiger partial charge in [0, 0.05) is 0 Å². The van der Waals surface area contributed by atoms with Gasteiger partial charge in [-0.15, -0.1) is 0 Å². The number of thioether (sulfide) groups is 1. The maximum Gasteiger partial charge on any atom is 0.197 e. The molecule has 0 amide bonds. The van der Waals surface area contributed by atoms with Gasteiger partial charge >= 0.3 is 0 Å². The molecule has 1 aromatic carbocycles. The standard InChI is InChI=1S/C11H10O3S/c12-8-3-1-7(2-4-8)5-10-9(13)6-11(14)15-10/h1-4,10,12H,5-6H2. The van der Waals surface area contributed by atoms with Gasteiger partial charge in [0.15, 0.2) is 10.9 Å². The van der Waals surface area contributed by atoms with Crippen molar-refractivity contribution in [2.24, 2.45) is 0 Å². The van der Waals surface area contributed by atoms with Crippen LogP contribution in [0.5, 0.6) is 5.75 Å². The number of carbonyl (C=O) groups is 2. The number of rotatable bonds is 2. The highest BCUT2D eigenvalue weighted by atomic mass is 32.2. The van der Waals surface area contributed by atoms with Crippen LogP contribution in [-0.2, 0) is 16.0 Å². The molecule has 1 saturated heterocycles. The first kappa shape index (κ1) is 10.2. The highest BCUT2D eigenvalue weighted by molar-refractivity contribution is 8.15.